The highest BCUT2D eigenvalue weighted by Crippen LogP contribution is 2.26. The summed E-state index contributed by atoms with van der Waals surface area (Å²) in [6.07, 6.45) is 0. The number of nitro groups is 1. The predicted octanol–water partition coefficient (Wildman–Crippen LogP) is 3.73. The molecule has 0 radical (unpaired) electrons. The fourth-order valence-electron chi connectivity index (χ4n) is 1.64. The van der Waals surface area contributed by atoms with Gasteiger partial charge in [0.1, 0.15) is 16.5 Å². The average molecular weight is 336 g/mol. The quantitative estimate of drug-likeness (QED) is 0.400. The minimum Gasteiger partial charge on any atom is -0.453 e. The zero-order valence-corrected chi connectivity index (χ0v) is 12.6. The van der Waals surface area contributed by atoms with Crippen LogP contribution in [0.25, 0.3) is 10.6 Å². The number of hydrogen-bond acceptors (Lipinski definition) is 8. The largest absolute Gasteiger partial charge is 0.453 e. The van der Waals surface area contributed by atoms with Crippen molar-refractivity contribution in [3.63, 3.8) is 0 Å². The molecule has 0 bridgehead atoms. The van der Waals surface area contributed by atoms with Crippen molar-refractivity contribution in [3.8, 4) is 10.6 Å². The van der Waals surface area contributed by atoms with E-state index in [1.807, 2.05) is 16.8 Å². The van der Waals surface area contributed by atoms with E-state index in [-0.39, 0.29) is 12.4 Å². The lowest BCUT2D eigenvalue weighted by atomic mass is 10.4. The highest BCUT2D eigenvalue weighted by Gasteiger charge is 2.18. The molecule has 112 valence electrons. The van der Waals surface area contributed by atoms with Crippen LogP contribution in [0.4, 0.5) is 5.88 Å². The summed E-state index contributed by atoms with van der Waals surface area (Å²) in [6, 6.07) is 4.27. The molecule has 7 nitrogen and oxygen atoms in total. The molecular formula is C13H8N2O5S2. The van der Waals surface area contributed by atoms with E-state index in [1.54, 1.807) is 16.7 Å². The molecule has 0 spiro atoms. The summed E-state index contributed by atoms with van der Waals surface area (Å²) >= 11 is 3.03. The average Bonchev–Trinajstić information content (AvgIpc) is 3.23. The first-order valence-corrected chi connectivity index (χ1v) is 7.84. The third kappa shape index (κ3) is 3.05. The fourth-order valence-corrected chi connectivity index (χ4v) is 3.15. The van der Waals surface area contributed by atoms with Gasteiger partial charge in [0, 0.05) is 16.3 Å². The number of thiophene rings is 1. The number of rotatable bonds is 5. The molecule has 0 aromatic carbocycles. The Morgan fingerprint density at radius 1 is 1.36 bits per heavy atom. The smallest absolute Gasteiger partial charge is 0.433 e. The first kappa shape index (κ1) is 14.4. The first-order chi connectivity index (χ1) is 10.6. The zero-order valence-electron chi connectivity index (χ0n) is 10.9. The van der Waals surface area contributed by atoms with Crippen molar-refractivity contribution >= 4 is 34.5 Å². The Balaban J connectivity index is 1.62. The summed E-state index contributed by atoms with van der Waals surface area (Å²) in [5, 5.41) is 17.1. The summed E-state index contributed by atoms with van der Waals surface area (Å²) in [6.45, 7) is -0.0199. The summed E-state index contributed by atoms with van der Waals surface area (Å²) in [5.41, 5.74) is 1.63. The Labute approximate surface area is 131 Å². The third-order valence-corrected chi connectivity index (χ3v) is 4.27. The number of furan rings is 1. The van der Waals surface area contributed by atoms with Crippen molar-refractivity contribution in [2.45, 2.75) is 6.61 Å². The second-order valence-electron chi connectivity index (χ2n) is 4.13. The minimum absolute atomic E-state index is 0.0199. The SMILES string of the molecule is O=C(OCc1csc(-c2ccsc2)n1)c1ccc([N+](=O)[O-])o1. The van der Waals surface area contributed by atoms with E-state index in [2.05, 4.69) is 4.98 Å². The van der Waals surface area contributed by atoms with Gasteiger partial charge in [-0.25, -0.2) is 9.78 Å². The second-order valence-corrected chi connectivity index (χ2v) is 5.77. The van der Waals surface area contributed by atoms with Crippen LogP contribution >= 0.6 is 22.7 Å². The van der Waals surface area contributed by atoms with Gasteiger partial charge in [0.25, 0.3) is 0 Å². The lowest BCUT2D eigenvalue weighted by Gasteiger charge is -1.99. The van der Waals surface area contributed by atoms with E-state index in [9.17, 15) is 14.9 Å². The lowest BCUT2D eigenvalue weighted by Crippen LogP contribution is -2.04. The van der Waals surface area contributed by atoms with Gasteiger partial charge in [0.05, 0.1) is 11.8 Å². The van der Waals surface area contributed by atoms with Gasteiger partial charge in [0.2, 0.25) is 5.76 Å². The Kier molecular flexibility index (Phi) is 3.98. The van der Waals surface area contributed by atoms with Crippen LogP contribution in [-0.4, -0.2) is 15.9 Å². The van der Waals surface area contributed by atoms with Crippen LogP contribution in [0.1, 0.15) is 16.2 Å². The molecule has 0 fully saturated rings. The summed E-state index contributed by atoms with van der Waals surface area (Å²) in [7, 11) is 0. The molecule has 0 saturated heterocycles. The number of carbonyl (C=O) groups is 1. The van der Waals surface area contributed by atoms with Gasteiger partial charge < -0.3 is 9.15 Å². The molecule has 3 rings (SSSR count). The van der Waals surface area contributed by atoms with Gasteiger partial charge in [-0.15, -0.1) is 11.3 Å². The monoisotopic (exact) mass is 336 g/mol. The fraction of sp³-hybridized carbons (Fsp3) is 0.0769. The molecule has 0 atom stereocenters. The van der Waals surface area contributed by atoms with Crippen molar-refractivity contribution < 1.29 is 18.9 Å². The molecule has 3 heterocycles. The Morgan fingerprint density at radius 3 is 2.91 bits per heavy atom. The molecule has 0 aliphatic heterocycles. The molecular weight excluding hydrogens is 328 g/mol. The van der Waals surface area contributed by atoms with Crippen LogP contribution in [-0.2, 0) is 11.3 Å². The van der Waals surface area contributed by atoms with Crippen molar-refractivity contribution in [1.29, 1.82) is 0 Å². The molecule has 3 aromatic rings. The highest BCUT2D eigenvalue weighted by molar-refractivity contribution is 7.14. The summed E-state index contributed by atoms with van der Waals surface area (Å²) in [4.78, 5) is 25.9. The van der Waals surface area contributed by atoms with Crippen molar-refractivity contribution in [1.82, 2.24) is 4.98 Å². The Bertz CT molecular complexity index is 806. The molecule has 0 amide bonds. The normalized spacial score (nSPS) is 10.5. The maximum Gasteiger partial charge on any atom is 0.433 e. The number of esters is 1. The van der Waals surface area contributed by atoms with Gasteiger partial charge >= 0.3 is 11.9 Å². The van der Waals surface area contributed by atoms with Crippen LogP contribution in [0.3, 0.4) is 0 Å². The van der Waals surface area contributed by atoms with E-state index >= 15 is 0 Å². The van der Waals surface area contributed by atoms with E-state index in [0.29, 0.717) is 5.69 Å². The topological polar surface area (TPSA) is 95.5 Å². The van der Waals surface area contributed by atoms with Crippen molar-refractivity contribution in [2.75, 3.05) is 0 Å². The molecule has 0 aliphatic rings. The number of carbonyl (C=O) groups excluding carboxylic acids is 1. The summed E-state index contributed by atoms with van der Waals surface area (Å²) in [5.74, 6) is -1.47. The van der Waals surface area contributed by atoms with Crippen LogP contribution in [0, 0.1) is 10.1 Å². The maximum absolute atomic E-state index is 11.7. The van der Waals surface area contributed by atoms with Crippen molar-refractivity contribution in [3.05, 3.63) is 55.9 Å². The second kappa shape index (κ2) is 6.08. The zero-order chi connectivity index (χ0) is 15.5. The molecule has 0 saturated carbocycles. The van der Waals surface area contributed by atoms with Gasteiger partial charge in [-0.05, 0) is 17.5 Å². The van der Waals surface area contributed by atoms with Crippen LogP contribution < -0.4 is 0 Å². The van der Waals surface area contributed by atoms with Gasteiger partial charge in [-0.2, -0.15) is 11.3 Å². The number of nitrogens with zero attached hydrogens (tertiary/aromatic N) is 2. The molecule has 9 heteroatoms. The molecule has 0 aliphatic carbocycles. The van der Waals surface area contributed by atoms with E-state index < -0.39 is 16.8 Å². The maximum atomic E-state index is 11.7. The number of hydrogen-bond donors (Lipinski definition) is 0. The van der Waals surface area contributed by atoms with Gasteiger partial charge in [0.15, 0.2) is 0 Å². The lowest BCUT2D eigenvalue weighted by molar-refractivity contribution is -0.402. The van der Waals surface area contributed by atoms with Crippen molar-refractivity contribution in [2.24, 2.45) is 0 Å². The molecule has 22 heavy (non-hydrogen) atoms. The van der Waals surface area contributed by atoms with E-state index in [0.717, 1.165) is 16.6 Å². The van der Waals surface area contributed by atoms with E-state index in [4.69, 9.17) is 9.15 Å². The van der Waals surface area contributed by atoms with Crippen LogP contribution in [0.15, 0.2) is 38.8 Å². The molecule has 0 unspecified atom stereocenters. The van der Waals surface area contributed by atoms with Crippen LogP contribution in [0.5, 0.6) is 0 Å². The van der Waals surface area contributed by atoms with Gasteiger partial charge in [-0.3, -0.25) is 10.1 Å². The predicted molar refractivity (Wildman–Crippen MR) is 79.9 cm³/mol. The van der Waals surface area contributed by atoms with Gasteiger partial charge in [-0.1, -0.05) is 0 Å². The minimum atomic E-state index is -0.766. The molecule has 3 aromatic heterocycles. The standard InChI is InChI=1S/C13H8N2O5S2/c16-13(10-1-2-11(20-10)15(17)18)19-5-9-7-22-12(14-9)8-3-4-21-6-8/h1-4,6-7H,5H2. The number of aromatic nitrogens is 1. The number of ether oxygens (including phenoxy) is 1. The Morgan fingerprint density at radius 2 is 2.23 bits per heavy atom. The molecule has 0 N–H and O–H groups in total. The van der Waals surface area contributed by atoms with E-state index in [1.165, 1.54) is 17.4 Å². The van der Waals surface area contributed by atoms with Crippen LogP contribution in [0.2, 0.25) is 0 Å². The third-order valence-electron chi connectivity index (χ3n) is 2.64. The highest BCUT2D eigenvalue weighted by atomic mass is 32.1. The number of thiazole rings is 1. The summed E-state index contributed by atoms with van der Waals surface area (Å²) < 4.78 is 9.80. The first-order valence-electron chi connectivity index (χ1n) is 6.02. The Hall–Kier alpha value is -2.52.